The van der Waals surface area contributed by atoms with Crippen LogP contribution in [0.3, 0.4) is 0 Å². The van der Waals surface area contributed by atoms with Crippen molar-refractivity contribution in [3.05, 3.63) is 66.5 Å². The number of hydrogen-bond acceptors (Lipinski definition) is 6. The number of carbonyl (C=O) groups is 3. The molecule has 2 amide bonds. The van der Waals surface area contributed by atoms with Crippen LogP contribution in [-0.4, -0.2) is 50.4 Å². The number of para-hydroxylation sites is 1. The van der Waals surface area contributed by atoms with Crippen molar-refractivity contribution in [2.24, 2.45) is 4.99 Å². The predicted octanol–water partition coefficient (Wildman–Crippen LogP) is 2.46. The standard InChI is InChI=1S/C22H21N5O4/c1-3-31-20(29)16-14-23-27(15-9-5-4-6-10-15)19(16)25-21(30)22(2)13-18(28)24-17-11-7-8-12-26(17)22/h4-12,14H,3,13H2,1-2H3,(H,25,30). The molecule has 0 spiro atoms. The maximum atomic E-state index is 13.5. The molecule has 1 unspecified atom stereocenters. The lowest BCUT2D eigenvalue weighted by molar-refractivity contribution is -0.130. The average Bonchev–Trinajstić information content (AvgIpc) is 3.18. The lowest BCUT2D eigenvalue weighted by Crippen LogP contribution is -2.58. The van der Waals surface area contributed by atoms with E-state index in [4.69, 9.17) is 4.74 Å². The Bertz CT molecular complexity index is 1130. The summed E-state index contributed by atoms with van der Waals surface area (Å²) in [5, 5.41) is 7.09. The van der Waals surface area contributed by atoms with Crippen LogP contribution >= 0.6 is 0 Å². The van der Waals surface area contributed by atoms with Crippen molar-refractivity contribution < 1.29 is 19.1 Å². The normalized spacial score (nSPS) is 19.6. The van der Waals surface area contributed by atoms with Crippen LogP contribution in [0.2, 0.25) is 0 Å². The molecule has 2 aliphatic heterocycles. The summed E-state index contributed by atoms with van der Waals surface area (Å²) < 4.78 is 6.58. The predicted molar refractivity (Wildman–Crippen MR) is 114 cm³/mol. The number of benzene rings is 1. The zero-order chi connectivity index (χ0) is 22.0. The van der Waals surface area contributed by atoms with Gasteiger partial charge < -0.3 is 15.0 Å². The van der Waals surface area contributed by atoms with Crippen molar-refractivity contribution in [2.75, 3.05) is 11.9 Å². The van der Waals surface area contributed by atoms with E-state index in [1.54, 1.807) is 55.3 Å². The molecule has 9 nitrogen and oxygen atoms in total. The zero-order valence-corrected chi connectivity index (χ0v) is 17.1. The topological polar surface area (TPSA) is 106 Å². The number of nitrogens with one attached hydrogen (secondary N) is 1. The molecule has 31 heavy (non-hydrogen) atoms. The Morgan fingerprint density at radius 3 is 2.74 bits per heavy atom. The molecule has 3 heterocycles. The van der Waals surface area contributed by atoms with Gasteiger partial charge in [0.2, 0.25) is 0 Å². The van der Waals surface area contributed by atoms with Crippen molar-refractivity contribution in [1.82, 2.24) is 14.7 Å². The SMILES string of the molecule is CCOC(=O)c1cnn(-c2ccccc2)c1NC(=O)C1(C)CC(=O)N=C2C=CC=CN21. The van der Waals surface area contributed by atoms with Crippen molar-refractivity contribution in [1.29, 1.82) is 0 Å². The van der Waals surface area contributed by atoms with Gasteiger partial charge in [0.1, 0.15) is 16.9 Å². The number of ether oxygens (including phenoxy) is 1. The molecular formula is C22H21N5O4. The molecular weight excluding hydrogens is 398 g/mol. The summed E-state index contributed by atoms with van der Waals surface area (Å²) >= 11 is 0. The number of fused-ring (bicyclic) bond motifs is 1. The smallest absolute Gasteiger partial charge is 0.343 e. The number of amidine groups is 1. The number of aromatic nitrogens is 2. The van der Waals surface area contributed by atoms with Gasteiger partial charge in [-0.25, -0.2) is 9.48 Å². The molecule has 0 bridgehead atoms. The number of anilines is 1. The zero-order valence-electron chi connectivity index (χ0n) is 17.1. The molecule has 1 aromatic carbocycles. The Labute approximate surface area is 178 Å². The van der Waals surface area contributed by atoms with Gasteiger partial charge in [0, 0.05) is 6.20 Å². The van der Waals surface area contributed by atoms with E-state index in [1.807, 2.05) is 18.2 Å². The lowest BCUT2D eigenvalue weighted by atomic mass is 9.91. The monoisotopic (exact) mass is 419 g/mol. The van der Waals surface area contributed by atoms with Gasteiger partial charge in [-0.3, -0.25) is 9.59 Å². The molecule has 4 rings (SSSR count). The van der Waals surface area contributed by atoms with E-state index in [2.05, 4.69) is 15.4 Å². The molecule has 1 aromatic heterocycles. The summed E-state index contributed by atoms with van der Waals surface area (Å²) in [6.45, 7) is 3.54. The highest BCUT2D eigenvalue weighted by Crippen LogP contribution is 2.30. The fourth-order valence-electron chi connectivity index (χ4n) is 3.51. The van der Waals surface area contributed by atoms with Crippen LogP contribution in [0.4, 0.5) is 5.82 Å². The van der Waals surface area contributed by atoms with Crippen molar-refractivity contribution >= 4 is 29.4 Å². The summed E-state index contributed by atoms with van der Waals surface area (Å²) in [5.74, 6) is -0.919. The van der Waals surface area contributed by atoms with E-state index in [0.29, 0.717) is 11.5 Å². The fraction of sp³-hybridized carbons (Fsp3) is 0.227. The number of amides is 2. The van der Waals surface area contributed by atoms with Gasteiger partial charge in [0.25, 0.3) is 11.8 Å². The number of carbonyl (C=O) groups excluding carboxylic acids is 3. The first-order valence-electron chi connectivity index (χ1n) is 9.82. The molecule has 158 valence electrons. The summed E-state index contributed by atoms with van der Waals surface area (Å²) in [6.07, 6.45) is 8.11. The first-order valence-corrected chi connectivity index (χ1v) is 9.82. The van der Waals surface area contributed by atoms with Gasteiger partial charge in [0.15, 0.2) is 5.82 Å². The van der Waals surface area contributed by atoms with Crippen molar-refractivity contribution in [3.63, 3.8) is 0 Å². The molecule has 0 fully saturated rings. The molecule has 0 aliphatic carbocycles. The first kappa shape index (κ1) is 20.3. The minimum atomic E-state index is -1.24. The Morgan fingerprint density at radius 2 is 2.00 bits per heavy atom. The maximum absolute atomic E-state index is 13.5. The second kappa shape index (κ2) is 8.02. The van der Waals surface area contributed by atoms with Crippen LogP contribution in [-0.2, 0) is 14.3 Å². The third kappa shape index (κ3) is 3.65. The largest absolute Gasteiger partial charge is 0.462 e. The van der Waals surface area contributed by atoms with Gasteiger partial charge >= 0.3 is 5.97 Å². The number of allylic oxidation sites excluding steroid dienone is 2. The summed E-state index contributed by atoms with van der Waals surface area (Å²) in [4.78, 5) is 43.9. The summed E-state index contributed by atoms with van der Waals surface area (Å²) in [6, 6.07) is 9.09. The molecule has 0 saturated heterocycles. The minimum absolute atomic E-state index is 0.116. The number of hydrogen-bond donors (Lipinski definition) is 1. The number of esters is 1. The number of rotatable bonds is 5. The van der Waals surface area contributed by atoms with Gasteiger partial charge in [-0.05, 0) is 38.1 Å². The highest BCUT2D eigenvalue weighted by Gasteiger charge is 2.45. The highest BCUT2D eigenvalue weighted by atomic mass is 16.5. The second-order valence-corrected chi connectivity index (χ2v) is 7.21. The van der Waals surface area contributed by atoms with Crippen LogP contribution in [0.1, 0.15) is 30.6 Å². The maximum Gasteiger partial charge on any atom is 0.343 e. The lowest BCUT2D eigenvalue weighted by Gasteiger charge is -2.41. The third-order valence-electron chi connectivity index (χ3n) is 5.09. The Hall–Kier alpha value is -4.01. The van der Waals surface area contributed by atoms with Crippen molar-refractivity contribution in [3.8, 4) is 5.69 Å². The molecule has 0 saturated carbocycles. The van der Waals surface area contributed by atoms with E-state index in [1.165, 1.54) is 10.9 Å². The van der Waals surface area contributed by atoms with Crippen LogP contribution in [0, 0.1) is 0 Å². The molecule has 2 aliphatic rings. The fourth-order valence-corrected chi connectivity index (χ4v) is 3.51. The van der Waals surface area contributed by atoms with Crippen LogP contribution in [0.25, 0.3) is 5.69 Å². The van der Waals surface area contributed by atoms with E-state index in [0.717, 1.165) is 0 Å². The Balaban J connectivity index is 1.73. The van der Waals surface area contributed by atoms with E-state index < -0.39 is 23.3 Å². The summed E-state index contributed by atoms with van der Waals surface area (Å²) in [7, 11) is 0. The first-order chi connectivity index (χ1) is 14.9. The quantitative estimate of drug-likeness (QED) is 0.747. The van der Waals surface area contributed by atoms with Crippen LogP contribution in [0.5, 0.6) is 0 Å². The highest BCUT2D eigenvalue weighted by molar-refractivity contribution is 6.12. The third-order valence-corrected chi connectivity index (χ3v) is 5.09. The average molecular weight is 419 g/mol. The van der Waals surface area contributed by atoms with Crippen LogP contribution < -0.4 is 5.32 Å². The second-order valence-electron chi connectivity index (χ2n) is 7.21. The minimum Gasteiger partial charge on any atom is -0.462 e. The molecule has 2 aromatic rings. The van der Waals surface area contributed by atoms with Crippen LogP contribution in [0.15, 0.2) is 65.9 Å². The van der Waals surface area contributed by atoms with E-state index in [9.17, 15) is 14.4 Å². The van der Waals surface area contributed by atoms with Gasteiger partial charge in [0.05, 0.1) is 24.9 Å². The number of nitrogens with zero attached hydrogens (tertiary/aromatic N) is 4. The molecule has 0 radical (unpaired) electrons. The molecule has 9 heteroatoms. The van der Waals surface area contributed by atoms with Gasteiger partial charge in [-0.1, -0.05) is 24.3 Å². The van der Waals surface area contributed by atoms with Crippen molar-refractivity contribution in [2.45, 2.75) is 25.8 Å². The Kier molecular flexibility index (Phi) is 5.24. The van der Waals surface area contributed by atoms with E-state index >= 15 is 0 Å². The van der Waals surface area contributed by atoms with Gasteiger partial charge in [-0.15, -0.1) is 0 Å². The summed E-state index contributed by atoms with van der Waals surface area (Å²) in [5.41, 5.74) is -0.471. The van der Waals surface area contributed by atoms with E-state index in [-0.39, 0.29) is 24.4 Å². The molecule has 1 atom stereocenters. The Morgan fingerprint density at radius 1 is 1.23 bits per heavy atom. The number of aliphatic imine (C=N–C) groups is 1. The molecule has 1 N–H and O–H groups in total. The van der Waals surface area contributed by atoms with Gasteiger partial charge in [-0.2, -0.15) is 10.1 Å².